The summed E-state index contributed by atoms with van der Waals surface area (Å²) in [7, 11) is 0. The zero-order valence-corrected chi connectivity index (χ0v) is 21.9. The molecule has 0 unspecified atom stereocenters. The molecule has 1 saturated heterocycles. The summed E-state index contributed by atoms with van der Waals surface area (Å²) in [6.45, 7) is 7.26. The van der Waals surface area contributed by atoms with Crippen molar-refractivity contribution in [2.75, 3.05) is 49.9 Å². The number of benzene rings is 2. The van der Waals surface area contributed by atoms with Gasteiger partial charge in [-0.15, -0.1) is 0 Å². The van der Waals surface area contributed by atoms with E-state index >= 15 is 0 Å². The van der Waals surface area contributed by atoms with E-state index in [0.29, 0.717) is 6.04 Å². The first-order valence-electron chi connectivity index (χ1n) is 14.2. The van der Waals surface area contributed by atoms with Crippen LogP contribution in [0.15, 0.2) is 48.5 Å². The smallest absolute Gasteiger partial charge is 0.251 e. The molecule has 4 N–H and O–H groups in total. The molecule has 0 atom stereocenters. The molecule has 1 aliphatic carbocycles. The van der Waals surface area contributed by atoms with Crippen LogP contribution < -0.4 is 21.3 Å². The summed E-state index contributed by atoms with van der Waals surface area (Å²) in [6.07, 6.45) is 11.0. The van der Waals surface area contributed by atoms with E-state index in [1.807, 2.05) is 18.2 Å². The van der Waals surface area contributed by atoms with Crippen molar-refractivity contribution in [3.8, 4) is 0 Å². The fourth-order valence-corrected chi connectivity index (χ4v) is 5.27. The van der Waals surface area contributed by atoms with Crippen LogP contribution in [-0.2, 0) is 6.54 Å². The highest BCUT2D eigenvalue weighted by molar-refractivity contribution is 5.96. The van der Waals surface area contributed by atoms with E-state index < -0.39 is 0 Å². The van der Waals surface area contributed by atoms with Crippen LogP contribution >= 0.6 is 0 Å². The summed E-state index contributed by atoms with van der Waals surface area (Å²) in [5.74, 6) is 0.0165. The molecule has 1 aliphatic heterocycles. The average Bonchev–Trinajstić information content (AvgIpc) is 2.93. The van der Waals surface area contributed by atoms with Crippen molar-refractivity contribution in [2.24, 2.45) is 0 Å². The van der Waals surface area contributed by atoms with E-state index in [1.54, 1.807) is 0 Å². The zero-order valence-electron chi connectivity index (χ0n) is 21.9. The molecule has 4 rings (SSSR count). The van der Waals surface area contributed by atoms with Gasteiger partial charge in [0.05, 0.1) is 11.4 Å². The summed E-state index contributed by atoms with van der Waals surface area (Å²) in [5, 5.41) is 13.9. The molecular weight excluding hydrogens is 446 g/mol. The lowest BCUT2D eigenvalue weighted by atomic mass is 9.95. The number of hydrogen-bond donors (Lipinski definition) is 4. The minimum atomic E-state index is 0.0165. The molecule has 6 heteroatoms. The van der Waals surface area contributed by atoms with Crippen molar-refractivity contribution >= 4 is 17.3 Å². The maximum Gasteiger partial charge on any atom is 0.251 e. The molecule has 1 saturated carbocycles. The van der Waals surface area contributed by atoms with Crippen molar-refractivity contribution in [2.45, 2.75) is 70.4 Å². The number of anilines is 2. The fourth-order valence-electron chi connectivity index (χ4n) is 5.27. The second-order valence-corrected chi connectivity index (χ2v) is 10.3. The van der Waals surface area contributed by atoms with Crippen molar-refractivity contribution in [1.82, 2.24) is 15.5 Å². The third-order valence-electron chi connectivity index (χ3n) is 7.47. The van der Waals surface area contributed by atoms with Crippen LogP contribution in [0, 0.1) is 0 Å². The number of nitrogens with zero attached hydrogens (tertiary/aromatic N) is 1. The van der Waals surface area contributed by atoms with Gasteiger partial charge >= 0.3 is 0 Å². The Hall–Kier alpha value is -2.57. The molecule has 2 fully saturated rings. The maximum atomic E-state index is 12.9. The Labute approximate surface area is 217 Å². The summed E-state index contributed by atoms with van der Waals surface area (Å²) >= 11 is 0. The van der Waals surface area contributed by atoms with Gasteiger partial charge in [-0.3, -0.25) is 4.79 Å². The molecule has 2 aromatic rings. The Kier molecular flexibility index (Phi) is 10.9. The van der Waals surface area contributed by atoms with Gasteiger partial charge in [-0.1, -0.05) is 62.4 Å². The minimum Gasteiger partial charge on any atom is -0.381 e. The van der Waals surface area contributed by atoms with Gasteiger partial charge in [-0.05, 0) is 56.0 Å². The number of rotatable bonds is 13. The molecule has 0 bridgehead atoms. The predicted octanol–water partition coefficient (Wildman–Crippen LogP) is 5.24. The van der Waals surface area contributed by atoms with Gasteiger partial charge in [0.15, 0.2) is 0 Å². The van der Waals surface area contributed by atoms with E-state index in [-0.39, 0.29) is 5.91 Å². The van der Waals surface area contributed by atoms with Gasteiger partial charge in [0.2, 0.25) is 0 Å². The Balaban J connectivity index is 1.25. The fraction of sp³-hybridized carbons (Fsp3) is 0.567. The highest BCUT2D eigenvalue weighted by Crippen LogP contribution is 2.28. The minimum absolute atomic E-state index is 0.0165. The number of amides is 1. The number of carbonyl (C=O) groups excluding carboxylic acids is 1. The Bertz CT molecular complexity index is 907. The number of carbonyl (C=O) groups is 1. The first-order chi connectivity index (χ1) is 17.8. The van der Waals surface area contributed by atoms with Gasteiger partial charge in [-0.25, -0.2) is 0 Å². The van der Waals surface area contributed by atoms with E-state index in [9.17, 15) is 4.79 Å². The molecule has 0 spiro atoms. The van der Waals surface area contributed by atoms with Crippen molar-refractivity contribution in [1.29, 1.82) is 0 Å². The van der Waals surface area contributed by atoms with E-state index in [1.165, 1.54) is 76.6 Å². The van der Waals surface area contributed by atoms with Crippen LogP contribution in [0.3, 0.4) is 0 Å². The third kappa shape index (κ3) is 8.82. The SMILES string of the molecule is O=C(NCCCCCCN1CCNCC1)c1ccc(NC2CCCCC2)c(NCc2ccccc2)c1. The number of hydrogen-bond acceptors (Lipinski definition) is 5. The zero-order chi connectivity index (χ0) is 24.8. The van der Waals surface area contributed by atoms with Gasteiger partial charge in [-0.2, -0.15) is 0 Å². The number of piperazine rings is 1. The van der Waals surface area contributed by atoms with Crippen molar-refractivity contribution in [3.05, 3.63) is 59.7 Å². The standard InChI is InChI=1S/C30H45N5O/c36-30(32-17-9-1-2-10-20-35-21-18-31-19-22-35)26-15-16-28(34-27-13-7-4-8-14-27)29(23-26)33-24-25-11-5-3-6-12-25/h3,5-6,11-12,15-16,23,27,31,33-34H,1-2,4,7-10,13-14,17-22,24H2,(H,32,36). The van der Waals surface area contributed by atoms with Crippen LogP contribution in [0.5, 0.6) is 0 Å². The summed E-state index contributed by atoms with van der Waals surface area (Å²) < 4.78 is 0. The largest absolute Gasteiger partial charge is 0.381 e. The maximum absolute atomic E-state index is 12.9. The third-order valence-corrected chi connectivity index (χ3v) is 7.47. The summed E-state index contributed by atoms with van der Waals surface area (Å²) in [5.41, 5.74) is 4.05. The van der Waals surface area contributed by atoms with Crippen molar-refractivity contribution in [3.63, 3.8) is 0 Å². The Morgan fingerprint density at radius 3 is 2.47 bits per heavy atom. The lowest BCUT2D eigenvalue weighted by molar-refractivity contribution is 0.0953. The molecule has 0 aromatic heterocycles. The molecule has 6 nitrogen and oxygen atoms in total. The molecule has 36 heavy (non-hydrogen) atoms. The van der Waals surface area contributed by atoms with Gasteiger partial charge < -0.3 is 26.2 Å². The highest BCUT2D eigenvalue weighted by atomic mass is 16.1. The Morgan fingerprint density at radius 2 is 1.67 bits per heavy atom. The molecule has 196 valence electrons. The first kappa shape index (κ1) is 26.5. The van der Waals surface area contributed by atoms with E-state index in [4.69, 9.17) is 0 Å². The van der Waals surface area contributed by atoms with Crippen LogP contribution in [0.4, 0.5) is 11.4 Å². The highest BCUT2D eigenvalue weighted by Gasteiger charge is 2.16. The quantitative estimate of drug-likeness (QED) is 0.289. The normalized spacial score (nSPS) is 17.0. The van der Waals surface area contributed by atoms with Crippen molar-refractivity contribution < 1.29 is 4.79 Å². The second-order valence-electron chi connectivity index (χ2n) is 10.3. The van der Waals surface area contributed by atoms with E-state index in [0.717, 1.165) is 49.5 Å². The Morgan fingerprint density at radius 1 is 0.889 bits per heavy atom. The number of nitrogens with one attached hydrogen (secondary N) is 4. The summed E-state index contributed by atoms with van der Waals surface area (Å²) in [6, 6.07) is 17.0. The topological polar surface area (TPSA) is 68.4 Å². The van der Waals surface area contributed by atoms with Gasteiger partial charge in [0.25, 0.3) is 5.91 Å². The number of unbranched alkanes of at least 4 members (excludes halogenated alkanes) is 3. The lowest BCUT2D eigenvalue weighted by Gasteiger charge is -2.27. The van der Waals surface area contributed by atoms with Crippen LogP contribution in [0.1, 0.15) is 73.7 Å². The lowest BCUT2D eigenvalue weighted by Crippen LogP contribution is -2.43. The molecule has 2 aromatic carbocycles. The molecule has 1 amide bonds. The van der Waals surface area contributed by atoms with Gasteiger partial charge in [0.1, 0.15) is 0 Å². The molecule has 1 heterocycles. The van der Waals surface area contributed by atoms with Crippen LogP contribution in [-0.4, -0.2) is 56.1 Å². The average molecular weight is 492 g/mol. The van der Waals surface area contributed by atoms with Crippen LogP contribution in [0.2, 0.25) is 0 Å². The molecular formula is C30H45N5O. The van der Waals surface area contributed by atoms with Crippen LogP contribution in [0.25, 0.3) is 0 Å². The monoisotopic (exact) mass is 491 g/mol. The second kappa shape index (κ2) is 14.9. The van der Waals surface area contributed by atoms with Gasteiger partial charge in [0, 0.05) is 50.9 Å². The molecule has 2 aliphatic rings. The van der Waals surface area contributed by atoms with E-state index in [2.05, 4.69) is 56.5 Å². The summed E-state index contributed by atoms with van der Waals surface area (Å²) in [4.78, 5) is 15.4. The first-order valence-corrected chi connectivity index (χ1v) is 14.2. The molecule has 0 radical (unpaired) electrons. The predicted molar refractivity (Wildman–Crippen MR) is 151 cm³/mol.